The second kappa shape index (κ2) is 9.75. The summed E-state index contributed by atoms with van der Waals surface area (Å²) in [6, 6.07) is 12.7. The predicted molar refractivity (Wildman–Crippen MR) is 128 cm³/mol. The zero-order chi connectivity index (χ0) is 23.5. The van der Waals surface area contributed by atoms with Crippen LogP contribution in [0, 0.1) is 5.92 Å². The summed E-state index contributed by atoms with van der Waals surface area (Å²) < 4.78 is 0. The first-order chi connectivity index (χ1) is 16.6. The van der Waals surface area contributed by atoms with Gasteiger partial charge in [-0.05, 0) is 31.0 Å². The van der Waals surface area contributed by atoms with Gasteiger partial charge in [-0.25, -0.2) is 10.1 Å². The van der Waals surface area contributed by atoms with Crippen LogP contribution >= 0.6 is 0 Å². The van der Waals surface area contributed by atoms with Crippen molar-refractivity contribution in [2.75, 3.05) is 26.2 Å². The molecule has 0 unspecified atom stereocenters. The molecular formula is C26H29N5O3. The van der Waals surface area contributed by atoms with E-state index in [-0.39, 0.29) is 23.3 Å². The van der Waals surface area contributed by atoms with Crippen molar-refractivity contribution in [1.29, 1.82) is 0 Å². The summed E-state index contributed by atoms with van der Waals surface area (Å²) in [5.74, 6) is 0.297. The van der Waals surface area contributed by atoms with Gasteiger partial charge in [0, 0.05) is 49.6 Å². The van der Waals surface area contributed by atoms with Gasteiger partial charge in [0.15, 0.2) is 0 Å². The number of piperazine rings is 1. The van der Waals surface area contributed by atoms with Gasteiger partial charge in [0.25, 0.3) is 11.5 Å². The molecule has 1 aliphatic carbocycles. The molecule has 0 radical (unpaired) electrons. The third-order valence-electron chi connectivity index (χ3n) is 6.98. The van der Waals surface area contributed by atoms with E-state index in [0.29, 0.717) is 55.1 Å². The molecule has 2 aromatic heterocycles. The number of amides is 2. The van der Waals surface area contributed by atoms with Crippen molar-refractivity contribution in [3.05, 3.63) is 69.9 Å². The standard InChI is InChI=1S/C26H29N5O3/c32-24-21-11-5-4-10-20(21)23(28-29-24)17-19-9-6-12-22(27-19)26(34)31-15-13-30(14-16-31)25(33)18-7-2-1-3-8-18/h4-6,9-12,18H,1-3,7-8,13-17H2,(H,29,32). The first-order valence-corrected chi connectivity index (χ1v) is 12.1. The highest BCUT2D eigenvalue weighted by Gasteiger charge is 2.30. The quantitative estimate of drug-likeness (QED) is 0.647. The van der Waals surface area contributed by atoms with Gasteiger partial charge in [-0.1, -0.05) is 43.5 Å². The first kappa shape index (κ1) is 22.3. The number of carbonyl (C=O) groups excluding carboxylic acids is 2. The van der Waals surface area contributed by atoms with E-state index in [1.54, 1.807) is 17.0 Å². The molecular weight excluding hydrogens is 430 g/mol. The smallest absolute Gasteiger partial charge is 0.272 e. The van der Waals surface area contributed by atoms with Crippen LogP contribution in [-0.4, -0.2) is 63.0 Å². The summed E-state index contributed by atoms with van der Waals surface area (Å²) in [4.78, 5) is 46.3. The van der Waals surface area contributed by atoms with E-state index in [9.17, 15) is 14.4 Å². The lowest BCUT2D eigenvalue weighted by molar-refractivity contribution is -0.138. The number of aromatic nitrogens is 3. The number of H-pyrrole nitrogens is 1. The largest absolute Gasteiger partial charge is 0.339 e. The molecule has 34 heavy (non-hydrogen) atoms. The molecule has 2 aliphatic rings. The molecule has 1 saturated heterocycles. The number of nitrogens with one attached hydrogen (secondary N) is 1. The number of hydrogen-bond acceptors (Lipinski definition) is 5. The molecule has 1 aliphatic heterocycles. The SMILES string of the molecule is O=C(c1cccc(Cc2n[nH]c(=O)c3ccccc23)n1)N1CCN(C(=O)C2CCCCC2)CC1. The molecule has 1 aromatic carbocycles. The van der Waals surface area contributed by atoms with Crippen molar-refractivity contribution in [2.45, 2.75) is 38.5 Å². The molecule has 5 rings (SSSR count). The molecule has 8 heteroatoms. The van der Waals surface area contributed by atoms with Crippen molar-refractivity contribution in [2.24, 2.45) is 5.92 Å². The number of carbonyl (C=O) groups is 2. The summed E-state index contributed by atoms with van der Waals surface area (Å²) in [5.41, 5.74) is 1.58. The summed E-state index contributed by atoms with van der Waals surface area (Å²) in [7, 11) is 0. The van der Waals surface area contributed by atoms with E-state index in [4.69, 9.17) is 0 Å². The monoisotopic (exact) mass is 459 g/mol. The minimum absolute atomic E-state index is 0.120. The van der Waals surface area contributed by atoms with Gasteiger partial charge in [0.2, 0.25) is 5.91 Å². The van der Waals surface area contributed by atoms with Crippen LogP contribution in [0.5, 0.6) is 0 Å². The molecule has 3 heterocycles. The van der Waals surface area contributed by atoms with Crippen molar-refractivity contribution < 1.29 is 9.59 Å². The fraction of sp³-hybridized carbons (Fsp3) is 0.423. The molecule has 2 fully saturated rings. The molecule has 1 saturated carbocycles. The Balaban J connectivity index is 1.25. The van der Waals surface area contributed by atoms with Crippen molar-refractivity contribution in [3.63, 3.8) is 0 Å². The summed E-state index contributed by atoms with van der Waals surface area (Å²) >= 11 is 0. The van der Waals surface area contributed by atoms with E-state index >= 15 is 0 Å². The lowest BCUT2D eigenvalue weighted by Crippen LogP contribution is -2.52. The van der Waals surface area contributed by atoms with E-state index < -0.39 is 0 Å². The average molecular weight is 460 g/mol. The first-order valence-electron chi connectivity index (χ1n) is 12.1. The molecule has 0 atom stereocenters. The lowest BCUT2D eigenvalue weighted by atomic mass is 9.88. The molecule has 8 nitrogen and oxygen atoms in total. The Kier molecular flexibility index (Phi) is 6.38. The van der Waals surface area contributed by atoms with Crippen LogP contribution in [0.3, 0.4) is 0 Å². The summed E-state index contributed by atoms with van der Waals surface area (Å²) in [6.45, 7) is 2.20. The second-order valence-corrected chi connectivity index (χ2v) is 9.19. The predicted octanol–water partition coefficient (Wildman–Crippen LogP) is 2.77. The van der Waals surface area contributed by atoms with E-state index in [2.05, 4.69) is 15.2 Å². The fourth-order valence-corrected chi connectivity index (χ4v) is 5.07. The third-order valence-corrected chi connectivity index (χ3v) is 6.98. The van der Waals surface area contributed by atoms with E-state index in [1.807, 2.05) is 35.2 Å². The number of benzene rings is 1. The topological polar surface area (TPSA) is 99.3 Å². The van der Waals surface area contributed by atoms with Crippen molar-refractivity contribution >= 4 is 22.6 Å². The fourth-order valence-electron chi connectivity index (χ4n) is 5.07. The molecule has 176 valence electrons. The highest BCUT2D eigenvalue weighted by Crippen LogP contribution is 2.26. The zero-order valence-corrected chi connectivity index (χ0v) is 19.2. The zero-order valence-electron chi connectivity index (χ0n) is 19.2. The average Bonchev–Trinajstić information content (AvgIpc) is 2.90. The Labute approximate surface area is 198 Å². The molecule has 2 amide bonds. The number of nitrogens with zero attached hydrogens (tertiary/aromatic N) is 4. The number of rotatable bonds is 4. The van der Waals surface area contributed by atoms with Crippen LogP contribution in [0.15, 0.2) is 47.3 Å². The number of aromatic amines is 1. The van der Waals surface area contributed by atoms with Crippen molar-refractivity contribution in [1.82, 2.24) is 25.0 Å². The van der Waals surface area contributed by atoms with Crippen molar-refractivity contribution in [3.8, 4) is 0 Å². The maximum absolute atomic E-state index is 13.1. The number of hydrogen-bond donors (Lipinski definition) is 1. The Morgan fingerprint density at radius 2 is 1.59 bits per heavy atom. The van der Waals surface area contributed by atoms with E-state index in [0.717, 1.165) is 31.1 Å². The maximum atomic E-state index is 13.1. The molecule has 0 bridgehead atoms. The van der Waals surface area contributed by atoms with Crippen LogP contribution in [-0.2, 0) is 11.2 Å². The van der Waals surface area contributed by atoms with Crippen LogP contribution in [0.4, 0.5) is 0 Å². The van der Waals surface area contributed by atoms with Crippen LogP contribution in [0.2, 0.25) is 0 Å². The third kappa shape index (κ3) is 4.58. The Morgan fingerprint density at radius 1 is 0.882 bits per heavy atom. The van der Waals surface area contributed by atoms with E-state index in [1.165, 1.54) is 6.42 Å². The normalized spacial score (nSPS) is 17.2. The Morgan fingerprint density at radius 3 is 2.35 bits per heavy atom. The van der Waals surface area contributed by atoms with Crippen LogP contribution in [0.1, 0.15) is 54.0 Å². The minimum atomic E-state index is -0.225. The summed E-state index contributed by atoms with van der Waals surface area (Å²) in [6.07, 6.45) is 5.90. The second-order valence-electron chi connectivity index (χ2n) is 9.19. The van der Waals surface area contributed by atoms with Gasteiger partial charge < -0.3 is 9.80 Å². The molecule has 0 spiro atoms. The Bertz CT molecular complexity index is 1260. The van der Waals surface area contributed by atoms with Gasteiger partial charge >= 0.3 is 0 Å². The lowest BCUT2D eigenvalue weighted by Gasteiger charge is -2.37. The summed E-state index contributed by atoms with van der Waals surface area (Å²) in [5, 5.41) is 8.13. The highest BCUT2D eigenvalue weighted by molar-refractivity contribution is 5.92. The van der Waals surface area contributed by atoms with Crippen LogP contribution < -0.4 is 5.56 Å². The maximum Gasteiger partial charge on any atom is 0.272 e. The number of pyridine rings is 1. The van der Waals surface area contributed by atoms with Gasteiger partial charge in [-0.15, -0.1) is 0 Å². The van der Waals surface area contributed by atoms with Gasteiger partial charge in [0.1, 0.15) is 5.69 Å². The van der Waals surface area contributed by atoms with Crippen LogP contribution in [0.25, 0.3) is 10.8 Å². The molecule has 1 N–H and O–H groups in total. The molecule has 3 aromatic rings. The highest BCUT2D eigenvalue weighted by atomic mass is 16.2. The minimum Gasteiger partial charge on any atom is -0.339 e. The van der Waals surface area contributed by atoms with Gasteiger partial charge in [-0.3, -0.25) is 14.4 Å². The Hall–Kier alpha value is -3.55. The van der Waals surface area contributed by atoms with Gasteiger partial charge in [-0.2, -0.15) is 5.10 Å². The van der Waals surface area contributed by atoms with Gasteiger partial charge in [0.05, 0.1) is 11.1 Å². The number of fused-ring (bicyclic) bond motifs is 1.